The van der Waals surface area contributed by atoms with Crippen molar-refractivity contribution < 1.29 is 19.4 Å². The van der Waals surface area contributed by atoms with Crippen LogP contribution >= 0.6 is 27.7 Å². The summed E-state index contributed by atoms with van der Waals surface area (Å²) >= 11 is 4.26. The number of benzene rings is 2. The van der Waals surface area contributed by atoms with E-state index in [9.17, 15) is 14.7 Å². The Bertz CT molecular complexity index is 1140. The average Bonchev–Trinajstić information content (AvgIpc) is 3.24. The summed E-state index contributed by atoms with van der Waals surface area (Å²) < 4.78 is 6.44. The summed E-state index contributed by atoms with van der Waals surface area (Å²) in [5.41, 5.74) is 2.62. The van der Waals surface area contributed by atoms with Gasteiger partial charge in [-0.05, 0) is 53.2 Å². The SMILES string of the molecule is CN1C(=O)S/C(=C\c2cc(OCc3cccc4[nH]ccc34)c(O)cc2Br)C1=O. The lowest BCUT2D eigenvalue weighted by molar-refractivity contribution is -0.121. The Kier molecular flexibility index (Phi) is 4.91. The van der Waals surface area contributed by atoms with Crippen LogP contribution in [0.3, 0.4) is 0 Å². The highest BCUT2D eigenvalue weighted by Gasteiger charge is 2.32. The van der Waals surface area contributed by atoms with Gasteiger partial charge >= 0.3 is 0 Å². The zero-order valence-corrected chi connectivity index (χ0v) is 17.1. The highest BCUT2D eigenvalue weighted by atomic mass is 79.9. The smallest absolute Gasteiger partial charge is 0.293 e. The van der Waals surface area contributed by atoms with E-state index in [1.807, 2.05) is 30.5 Å². The second-order valence-electron chi connectivity index (χ2n) is 6.23. The summed E-state index contributed by atoms with van der Waals surface area (Å²) in [5.74, 6) is -0.0804. The van der Waals surface area contributed by atoms with Gasteiger partial charge in [0.15, 0.2) is 11.5 Å². The number of hydrogen-bond acceptors (Lipinski definition) is 5. The third kappa shape index (κ3) is 3.41. The number of phenols is 1. The molecule has 8 heteroatoms. The Morgan fingerprint density at radius 1 is 1.29 bits per heavy atom. The molecular weight excluding hydrogens is 444 g/mol. The fourth-order valence-electron chi connectivity index (χ4n) is 2.90. The first kappa shape index (κ1) is 18.6. The van der Waals surface area contributed by atoms with E-state index in [0.29, 0.717) is 14.9 Å². The number of hydrogen-bond donors (Lipinski definition) is 2. The van der Waals surface area contributed by atoms with E-state index in [2.05, 4.69) is 20.9 Å². The van der Waals surface area contributed by atoms with Gasteiger partial charge in [-0.2, -0.15) is 0 Å². The maximum Gasteiger partial charge on any atom is 0.293 e. The van der Waals surface area contributed by atoms with E-state index in [4.69, 9.17) is 4.74 Å². The van der Waals surface area contributed by atoms with Gasteiger partial charge in [0, 0.05) is 28.6 Å². The van der Waals surface area contributed by atoms with Crippen molar-refractivity contribution in [2.45, 2.75) is 6.61 Å². The van der Waals surface area contributed by atoms with Gasteiger partial charge in [0.2, 0.25) is 0 Å². The number of carbonyl (C=O) groups excluding carboxylic acids is 2. The molecule has 2 heterocycles. The number of rotatable bonds is 4. The zero-order valence-electron chi connectivity index (χ0n) is 14.7. The van der Waals surface area contributed by atoms with Crippen molar-refractivity contribution in [1.29, 1.82) is 0 Å². The number of aromatic amines is 1. The standard InChI is InChI=1S/C20H15BrN2O4S/c1-23-19(25)18(28-20(23)26)8-12-7-17(16(24)9-14(12)21)27-10-11-3-2-4-15-13(11)5-6-22-15/h2-9,22,24H,10H2,1H3/b18-8-. The molecule has 2 amide bonds. The predicted molar refractivity (Wildman–Crippen MR) is 112 cm³/mol. The first-order valence-corrected chi connectivity index (χ1v) is 9.97. The summed E-state index contributed by atoms with van der Waals surface area (Å²) in [6.45, 7) is 0.273. The summed E-state index contributed by atoms with van der Waals surface area (Å²) in [7, 11) is 1.44. The lowest BCUT2D eigenvalue weighted by Crippen LogP contribution is -2.22. The van der Waals surface area contributed by atoms with E-state index in [0.717, 1.165) is 33.1 Å². The van der Waals surface area contributed by atoms with Crippen LogP contribution < -0.4 is 4.74 Å². The fraction of sp³-hybridized carbons (Fsp3) is 0.100. The Morgan fingerprint density at radius 3 is 2.86 bits per heavy atom. The third-order valence-corrected chi connectivity index (χ3v) is 6.07. The lowest BCUT2D eigenvalue weighted by atomic mass is 10.1. The van der Waals surface area contributed by atoms with E-state index < -0.39 is 0 Å². The van der Waals surface area contributed by atoms with Crippen LogP contribution in [0.15, 0.2) is 52.0 Å². The van der Waals surface area contributed by atoms with E-state index in [1.54, 1.807) is 12.1 Å². The van der Waals surface area contributed by atoms with Crippen LogP contribution in [0.5, 0.6) is 11.5 Å². The molecule has 0 bridgehead atoms. The van der Waals surface area contributed by atoms with Crippen molar-refractivity contribution in [2.75, 3.05) is 7.05 Å². The zero-order chi connectivity index (χ0) is 19.8. The number of aromatic hydroxyl groups is 1. The molecule has 1 aromatic heterocycles. The molecule has 2 aromatic carbocycles. The number of fused-ring (bicyclic) bond motifs is 1. The summed E-state index contributed by atoms with van der Waals surface area (Å²) in [6.07, 6.45) is 3.47. The number of amides is 2. The molecule has 0 unspecified atom stereocenters. The molecule has 6 nitrogen and oxygen atoms in total. The normalized spacial score (nSPS) is 15.8. The first-order chi connectivity index (χ1) is 13.4. The number of halogens is 1. The van der Waals surface area contributed by atoms with Crippen molar-refractivity contribution in [3.63, 3.8) is 0 Å². The molecule has 0 aliphatic carbocycles. The van der Waals surface area contributed by atoms with Crippen LogP contribution in [0, 0.1) is 0 Å². The minimum atomic E-state index is -0.350. The molecule has 2 N–H and O–H groups in total. The van der Waals surface area contributed by atoms with E-state index in [1.165, 1.54) is 13.1 Å². The Labute approximate surface area is 173 Å². The van der Waals surface area contributed by atoms with Gasteiger partial charge in [-0.3, -0.25) is 14.5 Å². The molecular formula is C20H15BrN2O4S. The number of nitrogens with zero attached hydrogens (tertiary/aromatic N) is 1. The van der Waals surface area contributed by atoms with E-state index in [-0.39, 0.29) is 29.3 Å². The molecule has 0 saturated carbocycles. The molecule has 28 heavy (non-hydrogen) atoms. The van der Waals surface area contributed by atoms with Gasteiger partial charge in [0.1, 0.15) is 6.61 Å². The molecule has 1 fully saturated rings. The number of aromatic nitrogens is 1. The molecule has 0 radical (unpaired) electrons. The van der Waals surface area contributed by atoms with Crippen molar-refractivity contribution in [3.05, 3.63) is 63.1 Å². The molecule has 1 aliphatic heterocycles. The van der Waals surface area contributed by atoms with E-state index >= 15 is 0 Å². The van der Waals surface area contributed by atoms with Crippen LogP contribution in [-0.2, 0) is 11.4 Å². The molecule has 3 aromatic rings. The lowest BCUT2D eigenvalue weighted by Gasteiger charge is -2.11. The second kappa shape index (κ2) is 7.37. The number of nitrogens with one attached hydrogen (secondary N) is 1. The number of H-pyrrole nitrogens is 1. The van der Waals surface area contributed by atoms with Gasteiger partial charge in [-0.25, -0.2) is 0 Å². The molecule has 0 spiro atoms. The molecule has 1 saturated heterocycles. The molecule has 142 valence electrons. The number of ether oxygens (including phenoxy) is 1. The Hall–Kier alpha value is -2.71. The summed E-state index contributed by atoms with van der Waals surface area (Å²) in [6, 6.07) is 11.0. The highest BCUT2D eigenvalue weighted by Crippen LogP contribution is 2.37. The van der Waals surface area contributed by atoms with Crippen molar-refractivity contribution in [1.82, 2.24) is 9.88 Å². The average molecular weight is 459 g/mol. The van der Waals surface area contributed by atoms with Gasteiger partial charge in [-0.1, -0.05) is 28.1 Å². The summed E-state index contributed by atoms with van der Waals surface area (Å²) in [4.78, 5) is 28.3. The van der Waals surface area contributed by atoms with Gasteiger partial charge < -0.3 is 14.8 Å². The van der Waals surface area contributed by atoms with Crippen molar-refractivity contribution in [2.24, 2.45) is 0 Å². The largest absolute Gasteiger partial charge is 0.504 e. The maximum absolute atomic E-state index is 12.1. The van der Waals surface area contributed by atoms with Crippen LogP contribution in [0.1, 0.15) is 11.1 Å². The number of phenolic OH excluding ortho intramolecular Hbond substituents is 1. The minimum Gasteiger partial charge on any atom is -0.504 e. The van der Waals surface area contributed by atoms with Gasteiger partial charge in [0.05, 0.1) is 4.91 Å². The number of carbonyl (C=O) groups is 2. The number of thioether (sulfide) groups is 1. The predicted octanol–water partition coefficient (Wildman–Crippen LogP) is 4.88. The topological polar surface area (TPSA) is 82.6 Å². The van der Waals surface area contributed by atoms with Gasteiger partial charge in [-0.15, -0.1) is 0 Å². The Morgan fingerprint density at radius 2 is 2.11 bits per heavy atom. The van der Waals surface area contributed by atoms with Crippen LogP contribution in [0.4, 0.5) is 4.79 Å². The maximum atomic E-state index is 12.1. The van der Waals surface area contributed by atoms with Crippen LogP contribution in [0.25, 0.3) is 17.0 Å². The fourth-order valence-corrected chi connectivity index (χ4v) is 4.17. The minimum absolute atomic E-state index is 0.0196. The van der Waals surface area contributed by atoms with Crippen LogP contribution in [0.2, 0.25) is 0 Å². The Balaban J connectivity index is 1.62. The molecule has 4 rings (SSSR count). The molecule has 1 aliphatic rings. The molecule has 0 atom stereocenters. The van der Waals surface area contributed by atoms with Crippen LogP contribution in [-0.4, -0.2) is 33.2 Å². The second-order valence-corrected chi connectivity index (χ2v) is 8.07. The number of imide groups is 1. The number of likely N-dealkylation sites (N-methyl/N-ethyl adjacent to an activating group) is 1. The summed E-state index contributed by atoms with van der Waals surface area (Å²) in [5, 5.41) is 11.0. The highest BCUT2D eigenvalue weighted by molar-refractivity contribution is 9.10. The third-order valence-electron chi connectivity index (χ3n) is 4.42. The van der Waals surface area contributed by atoms with Gasteiger partial charge in [0.25, 0.3) is 11.1 Å². The van der Waals surface area contributed by atoms with Crippen molar-refractivity contribution >= 4 is 55.8 Å². The quantitative estimate of drug-likeness (QED) is 0.544. The first-order valence-electron chi connectivity index (χ1n) is 8.36. The van der Waals surface area contributed by atoms with Crippen molar-refractivity contribution in [3.8, 4) is 11.5 Å². The monoisotopic (exact) mass is 458 g/mol.